The third-order valence-electron chi connectivity index (χ3n) is 0.500. The molecule has 0 spiro atoms. The van der Waals surface area contributed by atoms with E-state index in [9.17, 15) is 0 Å². The fourth-order valence-corrected chi connectivity index (χ4v) is 0. The quantitative estimate of drug-likeness (QED) is 0.323. The minimum atomic E-state index is -0.681. The van der Waals surface area contributed by atoms with Crippen LogP contribution in [0, 0.1) is 0 Å². The van der Waals surface area contributed by atoms with E-state index in [0.717, 1.165) is 0 Å². The van der Waals surface area contributed by atoms with Crippen LogP contribution in [0.1, 0.15) is 41.5 Å². The van der Waals surface area contributed by atoms with Gasteiger partial charge in [0, 0.05) is 55.4 Å². The zero-order valence-corrected chi connectivity index (χ0v) is 16.5. The Balaban J connectivity index is -0.0000000287. The van der Waals surface area contributed by atoms with Crippen molar-refractivity contribution >= 4 is 0 Å². The molecule has 0 heterocycles. The van der Waals surface area contributed by atoms with Gasteiger partial charge in [0.25, 0.3) is 0 Å². The number of nitrogens with two attached hydrogens (primary N) is 1. The molecular formula is C12H35NO5Ta. The van der Waals surface area contributed by atoms with E-state index in [1.807, 2.05) is 0 Å². The topological polar surface area (TPSA) is 127 Å². The van der Waals surface area contributed by atoms with E-state index in [1.54, 1.807) is 41.5 Å². The number of aliphatic hydroxyl groups excluding tert-OH is 4. The van der Waals surface area contributed by atoms with Crippen molar-refractivity contribution in [3.63, 3.8) is 0 Å². The molecule has 0 atom stereocenters. The van der Waals surface area contributed by atoms with Gasteiger partial charge in [-0.05, 0) is 41.5 Å². The fourth-order valence-electron chi connectivity index (χ4n) is 0. The van der Waals surface area contributed by atoms with Gasteiger partial charge in [0.15, 0.2) is 0 Å². The zero-order valence-electron chi connectivity index (χ0n) is 13.3. The third kappa shape index (κ3) is 411. The minimum Gasteiger partial charge on any atom is -0.397 e. The molecule has 0 aromatic carbocycles. The first-order chi connectivity index (χ1) is 8.22. The Bertz CT molecular complexity index is 84.7. The summed E-state index contributed by atoms with van der Waals surface area (Å²) in [6.07, 6.45) is 0. The van der Waals surface area contributed by atoms with Crippen molar-refractivity contribution in [3.8, 4) is 0 Å². The first kappa shape index (κ1) is 36.6. The van der Waals surface area contributed by atoms with E-state index >= 15 is 0 Å². The van der Waals surface area contributed by atoms with Crippen LogP contribution in [0.4, 0.5) is 0 Å². The Hall–Kier alpha value is 0.500. The van der Waals surface area contributed by atoms with Crippen LogP contribution in [0.3, 0.4) is 0 Å². The molecule has 0 amide bonds. The van der Waals surface area contributed by atoms with Gasteiger partial charge in [-0.2, -0.15) is 0 Å². The van der Waals surface area contributed by atoms with E-state index in [0.29, 0.717) is 6.54 Å². The molecule has 0 aliphatic heterocycles. The van der Waals surface area contributed by atoms with Crippen LogP contribution in [0.2, 0.25) is 0 Å². The van der Waals surface area contributed by atoms with Crippen LogP contribution in [0.5, 0.6) is 0 Å². The fraction of sp³-hybridized carbons (Fsp3) is 1.00. The SMILES string of the molecule is CC(C)(O)CN.CCO.CCO.CCO.CCO.[Ta]. The zero-order chi connectivity index (χ0) is 16.0. The van der Waals surface area contributed by atoms with Gasteiger partial charge in [0.1, 0.15) is 0 Å². The summed E-state index contributed by atoms with van der Waals surface area (Å²) in [5.74, 6) is 0. The Morgan fingerprint density at radius 2 is 0.789 bits per heavy atom. The van der Waals surface area contributed by atoms with Crippen molar-refractivity contribution < 1.29 is 47.9 Å². The van der Waals surface area contributed by atoms with Gasteiger partial charge in [0.05, 0.1) is 5.60 Å². The van der Waals surface area contributed by atoms with Gasteiger partial charge in [0.2, 0.25) is 0 Å². The summed E-state index contributed by atoms with van der Waals surface area (Å²) in [6, 6.07) is 0. The van der Waals surface area contributed by atoms with Gasteiger partial charge >= 0.3 is 0 Å². The van der Waals surface area contributed by atoms with Crippen LogP contribution in [-0.2, 0) is 22.4 Å². The molecule has 0 aromatic rings. The molecule has 0 aromatic heterocycles. The molecule has 7 heteroatoms. The van der Waals surface area contributed by atoms with E-state index in [2.05, 4.69) is 0 Å². The van der Waals surface area contributed by atoms with Crippen LogP contribution >= 0.6 is 0 Å². The summed E-state index contributed by atoms with van der Waals surface area (Å²) in [6.45, 7) is 11.4. The maximum absolute atomic E-state index is 8.70. The average molecular weight is 454 g/mol. The van der Waals surface area contributed by atoms with E-state index in [-0.39, 0.29) is 48.8 Å². The summed E-state index contributed by atoms with van der Waals surface area (Å²) < 4.78 is 0. The Morgan fingerprint density at radius 1 is 0.737 bits per heavy atom. The Labute approximate surface area is 134 Å². The van der Waals surface area contributed by atoms with Crippen LogP contribution in [0.15, 0.2) is 0 Å². The molecule has 0 aliphatic rings. The molecule has 0 rings (SSSR count). The van der Waals surface area contributed by atoms with Crippen molar-refractivity contribution in [1.29, 1.82) is 0 Å². The maximum atomic E-state index is 8.70. The second-order valence-corrected chi connectivity index (χ2v) is 3.28. The number of hydrogen-bond donors (Lipinski definition) is 6. The first-order valence-corrected chi connectivity index (χ1v) is 6.08. The molecule has 0 saturated heterocycles. The van der Waals surface area contributed by atoms with Crippen LogP contribution in [-0.4, -0.2) is 64.1 Å². The Kier molecular flexibility index (Phi) is 82.6. The van der Waals surface area contributed by atoms with Crippen molar-refractivity contribution in [2.45, 2.75) is 47.1 Å². The van der Waals surface area contributed by atoms with Gasteiger partial charge in [-0.15, -0.1) is 0 Å². The molecule has 0 unspecified atom stereocenters. The predicted octanol–water partition coefficient (Wildman–Crippen LogP) is -0.292. The molecule has 7 N–H and O–H groups in total. The molecule has 1 radical (unpaired) electrons. The van der Waals surface area contributed by atoms with Crippen molar-refractivity contribution in [2.75, 3.05) is 33.0 Å². The largest absolute Gasteiger partial charge is 0.397 e. The van der Waals surface area contributed by atoms with E-state index < -0.39 is 5.60 Å². The van der Waals surface area contributed by atoms with Gasteiger partial charge < -0.3 is 31.3 Å². The molecule has 0 aliphatic carbocycles. The van der Waals surface area contributed by atoms with Gasteiger partial charge in [-0.3, -0.25) is 0 Å². The monoisotopic (exact) mass is 454 g/mol. The molecule has 0 fully saturated rings. The normalized spacial score (nSPS) is 7.58. The van der Waals surface area contributed by atoms with Crippen molar-refractivity contribution in [1.82, 2.24) is 0 Å². The van der Waals surface area contributed by atoms with Gasteiger partial charge in [-0.25, -0.2) is 0 Å². The molecular weight excluding hydrogens is 419 g/mol. The molecule has 6 nitrogen and oxygen atoms in total. The van der Waals surface area contributed by atoms with E-state index in [1.165, 1.54) is 0 Å². The number of hydrogen-bond acceptors (Lipinski definition) is 6. The van der Waals surface area contributed by atoms with Crippen LogP contribution < -0.4 is 5.73 Å². The molecule has 123 valence electrons. The second-order valence-electron chi connectivity index (χ2n) is 3.28. The second kappa shape index (κ2) is 42.8. The molecule has 0 saturated carbocycles. The van der Waals surface area contributed by atoms with E-state index in [4.69, 9.17) is 31.3 Å². The summed E-state index contributed by atoms with van der Waals surface area (Å²) in [7, 11) is 0. The average Bonchev–Trinajstić information content (AvgIpc) is 2.21. The van der Waals surface area contributed by atoms with Crippen molar-refractivity contribution in [2.24, 2.45) is 5.73 Å². The number of aliphatic hydroxyl groups is 5. The first-order valence-electron chi connectivity index (χ1n) is 6.08. The summed E-state index contributed by atoms with van der Waals surface area (Å²) >= 11 is 0. The number of rotatable bonds is 1. The Morgan fingerprint density at radius 3 is 0.789 bits per heavy atom. The third-order valence-corrected chi connectivity index (χ3v) is 0.500. The summed E-state index contributed by atoms with van der Waals surface area (Å²) in [4.78, 5) is 0. The predicted molar refractivity (Wildman–Crippen MR) is 76.4 cm³/mol. The molecule has 19 heavy (non-hydrogen) atoms. The maximum Gasteiger partial charge on any atom is 0.0713 e. The van der Waals surface area contributed by atoms with Crippen LogP contribution in [0.25, 0.3) is 0 Å². The minimum absolute atomic E-state index is 0. The van der Waals surface area contributed by atoms with Gasteiger partial charge in [-0.1, -0.05) is 0 Å². The standard InChI is InChI=1S/C4H11NO.4C2H6O.Ta/c1-4(2,6)3-5;4*1-2-3;/h6H,3,5H2,1-2H3;4*3H,2H2,1H3;. The van der Waals surface area contributed by atoms with Crippen molar-refractivity contribution in [3.05, 3.63) is 0 Å². The summed E-state index contributed by atoms with van der Waals surface area (Å²) in [5, 5.41) is 39.0. The summed E-state index contributed by atoms with van der Waals surface area (Å²) in [5.41, 5.74) is 4.38. The smallest absolute Gasteiger partial charge is 0.0713 e. The molecule has 0 bridgehead atoms.